The van der Waals surface area contributed by atoms with Gasteiger partial charge in [0.2, 0.25) is 0 Å². The highest BCUT2D eigenvalue weighted by Crippen LogP contribution is 2.24. The Bertz CT molecular complexity index is 2320. The lowest BCUT2D eigenvalue weighted by Crippen LogP contribution is -2.45. The highest BCUT2D eigenvalue weighted by molar-refractivity contribution is 6.29. The third-order valence-electron chi connectivity index (χ3n) is 9.16. The first-order valence-electron chi connectivity index (χ1n) is 19.5. The van der Waals surface area contributed by atoms with Crippen molar-refractivity contribution in [3.05, 3.63) is 142 Å². The van der Waals surface area contributed by atoms with Crippen LogP contribution < -0.4 is 11.1 Å². The Morgan fingerprint density at radius 2 is 1.15 bits per heavy atom. The number of aromatic nitrogens is 6. The number of ketones is 2. The van der Waals surface area contributed by atoms with E-state index in [1.54, 1.807) is 50.0 Å². The van der Waals surface area contributed by atoms with Crippen molar-refractivity contribution in [3.63, 3.8) is 0 Å². The Kier molecular flexibility index (Phi) is 15.7. The molecule has 2 aromatic carbocycles. The quantitative estimate of drug-likeness (QED) is 0.0973. The van der Waals surface area contributed by atoms with Crippen LogP contribution in [0, 0.1) is 0 Å². The number of aryl methyl sites for hydroxylation is 2. The maximum Gasteiger partial charge on any atom is 0.408 e. The van der Waals surface area contributed by atoms with Crippen molar-refractivity contribution in [2.24, 2.45) is 5.73 Å². The number of nitrogens with one attached hydrogen (secondary N) is 1. The number of amides is 1. The van der Waals surface area contributed by atoms with E-state index in [1.165, 1.54) is 0 Å². The van der Waals surface area contributed by atoms with Crippen LogP contribution in [0.5, 0.6) is 0 Å². The van der Waals surface area contributed by atoms with Crippen molar-refractivity contribution in [1.29, 1.82) is 0 Å². The minimum absolute atomic E-state index is 0.00256. The van der Waals surface area contributed by atoms with Crippen LogP contribution in [0.4, 0.5) is 4.79 Å². The number of hydrogen-bond acceptors (Lipinski definition) is 9. The summed E-state index contributed by atoms with van der Waals surface area (Å²) in [6.07, 6.45) is 3.92. The molecule has 4 aromatic heterocycles. The molecule has 0 fully saturated rings. The molecule has 3 N–H and O–H groups in total. The number of alkyl carbamates (subject to hydrolysis) is 1. The summed E-state index contributed by atoms with van der Waals surface area (Å²) in [7, 11) is 0. The Labute approximate surface area is 355 Å². The summed E-state index contributed by atoms with van der Waals surface area (Å²) in [6.45, 7) is 10.6. The van der Waals surface area contributed by atoms with Crippen LogP contribution in [0.15, 0.2) is 109 Å². The minimum Gasteiger partial charge on any atom is -0.444 e. The molecule has 0 bridgehead atoms. The van der Waals surface area contributed by atoms with Crippen LogP contribution in [0.1, 0.15) is 57.1 Å². The number of benzene rings is 2. The first-order valence-corrected chi connectivity index (χ1v) is 20.2. The van der Waals surface area contributed by atoms with E-state index in [0.29, 0.717) is 41.9 Å². The average molecular weight is 838 g/mol. The van der Waals surface area contributed by atoms with E-state index in [0.717, 1.165) is 39.3 Å². The first kappa shape index (κ1) is 44.4. The maximum atomic E-state index is 13.3. The second kappa shape index (κ2) is 20.8. The van der Waals surface area contributed by atoms with Crippen molar-refractivity contribution in [3.8, 4) is 22.5 Å². The number of rotatable bonds is 15. The number of nitrogens with two attached hydrogens (primary N) is 1. The largest absolute Gasteiger partial charge is 0.444 e. The number of carbonyl (C=O) groups is 3. The van der Waals surface area contributed by atoms with E-state index < -0.39 is 23.8 Å². The minimum atomic E-state index is -0.735. The summed E-state index contributed by atoms with van der Waals surface area (Å²) < 4.78 is 9.00. The van der Waals surface area contributed by atoms with Gasteiger partial charge >= 0.3 is 6.09 Å². The Balaban J connectivity index is 0.000000230. The predicted octanol–water partition coefficient (Wildman–Crippen LogP) is 8.17. The van der Waals surface area contributed by atoms with Crippen molar-refractivity contribution in [1.82, 2.24) is 34.8 Å². The van der Waals surface area contributed by atoms with Crippen molar-refractivity contribution >= 4 is 40.9 Å². The monoisotopic (exact) mass is 836 g/mol. The van der Waals surface area contributed by atoms with Crippen molar-refractivity contribution in [2.45, 2.75) is 91.1 Å². The van der Waals surface area contributed by atoms with E-state index in [2.05, 4.69) is 25.5 Å². The molecular formula is C45H50Cl2N8O4. The Morgan fingerprint density at radius 3 is 1.59 bits per heavy atom. The molecule has 0 aliphatic rings. The Hall–Kier alpha value is -5.69. The molecule has 59 heavy (non-hydrogen) atoms. The number of Topliss-reactive ketones (excluding diaryl/α,β-unsaturated/α-hetero) is 2. The molecule has 0 spiro atoms. The fraction of sp³-hybridized carbons (Fsp3) is 0.311. The lowest BCUT2D eigenvalue weighted by molar-refractivity contribution is -0.121. The first-order chi connectivity index (χ1) is 28.2. The summed E-state index contributed by atoms with van der Waals surface area (Å²) >= 11 is 12.0. The van der Waals surface area contributed by atoms with Gasteiger partial charge in [-0.1, -0.05) is 83.9 Å². The molecule has 0 aliphatic heterocycles. The third-order valence-corrected chi connectivity index (χ3v) is 9.57. The fourth-order valence-electron chi connectivity index (χ4n) is 6.29. The van der Waals surface area contributed by atoms with Crippen LogP contribution in [0.2, 0.25) is 10.3 Å². The van der Waals surface area contributed by atoms with E-state index in [-0.39, 0.29) is 24.4 Å². The van der Waals surface area contributed by atoms with Gasteiger partial charge in [0.15, 0.2) is 11.6 Å². The van der Waals surface area contributed by atoms with Gasteiger partial charge in [0, 0.05) is 48.0 Å². The average Bonchev–Trinajstić information content (AvgIpc) is 3.81. The third kappa shape index (κ3) is 13.4. The van der Waals surface area contributed by atoms with E-state index >= 15 is 0 Å². The molecule has 0 unspecified atom stereocenters. The van der Waals surface area contributed by atoms with Crippen molar-refractivity contribution in [2.75, 3.05) is 0 Å². The number of halogens is 2. The fourth-order valence-corrected chi connectivity index (χ4v) is 6.63. The normalized spacial score (nSPS) is 12.2. The number of pyridine rings is 2. The zero-order valence-corrected chi connectivity index (χ0v) is 35.5. The van der Waals surface area contributed by atoms with Crippen LogP contribution in [-0.2, 0) is 53.1 Å². The molecule has 6 aromatic rings. The van der Waals surface area contributed by atoms with Gasteiger partial charge in [-0.05, 0) is 95.0 Å². The van der Waals surface area contributed by atoms with Gasteiger partial charge in [-0.15, -0.1) is 0 Å². The van der Waals surface area contributed by atoms with Gasteiger partial charge in [0.1, 0.15) is 15.9 Å². The van der Waals surface area contributed by atoms with E-state index in [1.807, 2.05) is 103 Å². The van der Waals surface area contributed by atoms with Gasteiger partial charge < -0.3 is 15.8 Å². The van der Waals surface area contributed by atoms with Crippen LogP contribution in [-0.4, -0.2) is 64.9 Å². The highest BCUT2D eigenvalue weighted by Gasteiger charge is 2.26. The molecule has 4 heterocycles. The van der Waals surface area contributed by atoms with Gasteiger partial charge in [0.25, 0.3) is 0 Å². The molecule has 6 rings (SSSR count). The Morgan fingerprint density at radius 1 is 0.695 bits per heavy atom. The standard InChI is InChI=1S/C25H29ClN4O3.C20H21ClN4O/c1-5-30-19(15-20(29-30)18-11-12-27-23(26)14-18)16-22(31)21(13-17-9-7-6-8-10-17)28-24(32)33-25(2,3)4;1-2-25-16(12-18(24-25)15-8-9-23-20(21)11-15)13-19(26)17(22)10-14-6-4-3-5-7-14/h6-12,14-15,21H,5,13,16H2,1-4H3,(H,28,32);3-9,11-12,17H,2,10,13,22H2,1H3/t21-;17-/m00/s1. The lowest BCUT2D eigenvalue weighted by atomic mass is 9.99. The molecule has 12 nitrogen and oxygen atoms in total. The molecule has 1 amide bonds. The SMILES string of the molecule is CCn1nc(-c2ccnc(Cl)c2)cc1CC(=O)[C@@H](N)Cc1ccccc1.CCn1nc(-c2ccnc(Cl)c2)cc1CC(=O)[C@H](Cc1ccccc1)NC(=O)OC(C)(C)C. The van der Waals surface area contributed by atoms with Crippen LogP contribution in [0.3, 0.4) is 0 Å². The van der Waals surface area contributed by atoms with E-state index in [4.69, 9.17) is 33.7 Å². The van der Waals surface area contributed by atoms with Gasteiger partial charge in [-0.2, -0.15) is 10.2 Å². The smallest absolute Gasteiger partial charge is 0.408 e. The number of carbonyl (C=O) groups excluding carboxylic acids is 3. The van der Waals surface area contributed by atoms with Crippen LogP contribution >= 0.6 is 23.2 Å². The molecule has 14 heteroatoms. The summed E-state index contributed by atoms with van der Waals surface area (Å²) in [4.78, 5) is 46.4. The maximum absolute atomic E-state index is 13.3. The second-order valence-corrected chi connectivity index (χ2v) is 15.7. The molecule has 308 valence electrons. The lowest BCUT2D eigenvalue weighted by Gasteiger charge is -2.23. The zero-order valence-electron chi connectivity index (χ0n) is 33.9. The van der Waals surface area contributed by atoms with E-state index in [9.17, 15) is 14.4 Å². The highest BCUT2D eigenvalue weighted by atomic mass is 35.5. The molecule has 2 atom stereocenters. The van der Waals surface area contributed by atoms with Gasteiger partial charge in [-0.25, -0.2) is 14.8 Å². The summed E-state index contributed by atoms with van der Waals surface area (Å²) in [5, 5.41) is 12.7. The zero-order chi connectivity index (χ0) is 42.5. The number of hydrogen-bond donors (Lipinski definition) is 2. The molecular weight excluding hydrogens is 787 g/mol. The summed E-state index contributed by atoms with van der Waals surface area (Å²) in [5.41, 5.74) is 12.3. The van der Waals surface area contributed by atoms with Gasteiger partial charge in [-0.3, -0.25) is 19.0 Å². The number of ether oxygens (including phenoxy) is 1. The molecule has 0 radical (unpaired) electrons. The predicted molar refractivity (Wildman–Crippen MR) is 231 cm³/mol. The van der Waals surface area contributed by atoms with Gasteiger partial charge in [0.05, 0.1) is 36.3 Å². The van der Waals surface area contributed by atoms with Crippen LogP contribution in [0.25, 0.3) is 22.5 Å². The van der Waals surface area contributed by atoms with Crippen molar-refractivity contribution < 1.29 is 19.1 Å². The molecule has 0 saturated heterocycles. The summed E-state index contributed by atoms with van der Waals surface area (Å²) in [5.74, 6) is -0.124. The molecule has 0 aliphatic carbocycles. The second-order valence-electron chi connectivity index (χ2n) is 14.9. The number of nitrogens with zero attached hydrogens (tertiary/aromatic N) is 6. The molecule has 0 saturated carbocycles. The summed E-state index contributed by atoms with van der Waals surface area (Å²) in [6, 6.07) is 29.1. The topological polar surface area (TPSA) is 160 Å².